The summed E-state index contributed by atoms with van der Waals surface area (Å²) in [6.07, 6.45) is 0. The van der Waals surface area contributed by atoms with E-state index < -0.39 is 0 Å². The number of benzene rings is 3. The van der Waals surface area contributed by atoms with E-state index >= 15 is 0 Å². The average Bonchev–Trinajstić information content (AvgIpc) is 3.17. The predicted octanol–water partition coefficient (Wildman–Crippen LogP) is 4.06. The summed E-state index contributed by atoms with van der Waals surface area (Å²) in [5, 5.41) is 12.3. The normalized spacial score (nSPS) is 11.1. The Bertz CT molecular complexity index is 1020. The van der Waals surface area contributed by atoms with Crippen molar-refractivity contribution in [2.24, 2.45) is 0 Å². The third-order valence-corrected chi connectivity index (χ3v) is 4.71. The molecule has 0 unspecified atom stereocenters. The van der Waals surface area contributed by atoms with E-state index in [1.165, 1.54) is 17.7 Å². The first-order valence-corrected chi connectivity index (χ1v) is 9.56. The number of hydrogen-bond acceptors (Lipinski definition) is 4. The van der Waals surface area contributed by atoms with E-state index in [0.29, 0.717) is 19.6 Å². The van der Waals surface area contributed by atoms with E-state index in [2.05, 4.69) is 44.7 Å². The third kappa shape index (κ3) is 5.33. The summed E-state index contributed by atoms with van der Waals surface area (Å²) in [6.45, 7) is 2.63. The van der Waals surface area contributed by atoms with E-state index in [0.717, 1.165) is 23.5 Å². The molecule has 4 rings (SSSR count). The summed E-state index contributed by atoms with van der Waals surface area (Å²) in [5.74, 6) is 0.571. The smallest absolute Gasteiger partial charge is 0.165 e. The van der Waals surface area contributed by atoms with Crippen molar-refractivity contribution in [2.75, 3.05) is 0 Å². The van der Waals surface area contributed by atoms with Crippen LogP contribution < -0.4 is 0 Å². The van der Waals surface area contributed by atoms with Crippen molar-refractivity contribution in [3.05, 3.63) is 113 Å². The second-order valence-corrected chi connectivity index (χ2v) is 7.00. The van der Waals surface area contributed by atoms with Gasteiger partial charge in [0.05, 0.1) is 13.1 Å². The van der Waals surface area contributed by atoms with Crippen LogP contribution in [0.1, 0.15) is 22.5 Å². The van der Waals surface area contributed by atoms with Gasteiger partial charge in [-0.25, -0.2) is 9.07 Å². The van der Waals surface area contributed by atoms with E-state index in [9.17, 15) is 4.39 Å². The van der Waals surface area contributed by atoms with Crippen LogP contribution in [0, 0.1) is 5.82 Å². The summed E-state index contributed by atoms with van der Waals surface area (Å²) in [7, 11) is 0. The summed E-state index contributed by atoms with van der Waals surface area (Å²) < 4.78 is 15.1. The van der Waals surface area contributed by atoms with Gasteiger partial charge in [-0.3, -0.25) is 4.90 Å². The van der Waals surface area contributed by atoms with Crippen molar-refractivity contribution >= 4 is 0 Å². The standard InChI is InChI=1S/C23H22FN5/c24-22-13-11-21(12-14-22)16-28(15-19-7-3-1-4-8-19)18-23-25-26-27-29(23)17-20-9-5-2-6-10-20/h1-14H,15-18H2. The van der Waals surface area contributed by atoms with Crippen molar-refractivity contribution in [1.82, 2.24) is 25.1 Å². The van der Waals surface area contributed by atoms with Crippen molar-refractivity contribution in [3.8, 4) is 0 Å². The largest absolute Gasteiger partial charge is 0.287 e. The second-order valence-electron chi connectivity index (χ2n) is 7.00. The van der Waals surface area contributed by atoms with Gasteiger partial charge in [0, 0.05) is 13.1 Å². The summed E-state index contributed by atoms with van der Waals surface area (Å²) >= 11 is 0. The van der Waals surface area contributed by atoms with Crippen molar-refractivity contribution in [1.29, 1.82) is 0 Å². The lowest BCUT2D eigenvalue weighted by Crippen LogP contribution is -2.25. The fourth-order valence-electron chi connectivity index (χ4n) is 3.27. The Morgan fingerprint density at radius 1 is 0.690 bits per heavy atom. The SMILES string of the molecule is Fc1ccc(CN(Cc2ccccc2)Cc2nnnn2Cc2ccccc2)cc1. The van der Waals surface area contributed by atoms with Gasteiger partial charge in [-0.15, -0.1) is 5.10 Å². The Morgan fingerprint density at radius 2 is 1.28 bits per heavy atom. The third-order valence-electron chi connectivity index (χ3n) is 4.71. The van der Waals surface area contributed by atoms with E-state index in [1.807, 2.05) is 53.2 Å². The van der Waals surface area contributed by atoms with Gasteiger partial charge >= 0.3 is 0 Å². The molecule has 0 bridgehead atoms. The van der Waals surface area contributed by atoms with Crippen molar-refractivity contribution < 1.29 is 4.39 Å². The Morgan fingerprint density at radius 3 is 1.93 bits per heavy atom. The highest BCUT2D eigenvalue weighted by molar-refractivity contribution is 5.18. The molecule has 5 nitrogen and oxygen atoms in total. The van der Waals surface area contributed by atoms with Crippen LogP contribution in [-0.2, 0) is 26.2 Å². The minimum Gasteiger partial charge on any atom is -0.287 e. The predicted molar refractivity (Wildman–Crippen MR) is 109 cm³/mol. The molecule has 0 radical (unpaired) electrons. The fraction of sp³-hybridized carbons (Fsp3) is 0.174. The maximum Gasteiger partial charge on any atom is 0.165 e. The van der Waals surface area contributed by atoms with Gasteiger partial charge in [-0.05, 0) is 39.2 Å². The van der Waals surface area contributed by atoms with Crippen LogP contribution in [0.15, 0.2) is 84.9 Å². The molecule has 0 aliphatic rings. The molecule has 0 fully saturated rings. The molecule has 29 heavy (non-hydrogen) atoms. The topological polar surface area (TPSA) is 46.8 Å². The maximum absolute atomic E-state index is 13.3. The van der Waals surface area contributed by atoms with Crippen LogP contribution in [-0.4, -0.2) is 25.1 Å². The number of halogens is 1. The van der Waals surface area contributed by atoms with Crippen molar-refractivity contribution in [3.63, 3.8) is 0 Å². The van der Waals surface area contributed by atoms with E-state index in [-0.39, 0.29) is 5.82 Å². The number of tetrazole rings is 1. The molecule has 0 amide bonds. The van der Waals surface area contributed by atoms with Crippen molar-refractivity contribution in [2.45, 2.75) is 26.2 Å². The lowest BCUT2D eigenvalue weighted by atomic mass is 10.1. The lowest BCUT2D eigenvalue weighted by molar-refractivity contribution is 0.236. The summed E-state index contributed by atoms with van der Waals surface area (Å²) in [6, 6.07) is 27.0. The second kappa shape index (κ2) is 9.21. The Hall–Kier alpha value is -3.38. The first-order chi connectivity index (χ1) is 14.3. The Kier molecular flexibility index (Phi) is 6.02. The molecule has 3 aromatic carbocycles. The summed E-state index contributed by atoms with van der Waals surface area (Å²) in [4.78, 5) is 2.26. The fourth-order valence-corrected chi connectivity index (χ4v) is 3.27. The number of nitrogens with zero attached hydrogens (tertiary/aromatic N) is 5. The van der Waals surface area contributed by atoms with Gasteiger partial charge in [0.15, 0.2) is 5.82 Å². The Balaban J connectivity index is 1.53. The molecule has 0 saturated heterocycles. The first-order valence-electron chi connectivity index (χ1n) is 9.56. The molecule has 6 heteroatoms. The van der Waals surface area contributed by atoms with Gasteiger partial charge in [0.2, 0.25) is 0 Å². The number of aromatic nitrogens is 4. The monoisotopic (exact) mass is 387 g/mol. The molecule has 4 aromatic rings. The highest BCUT2D eigenvalue weighted by Crippen LogP contribution is 2.14. The zero-order chi connectivity index (χ0) is 19.9. The molecule has 1 heterocycles. The molecule has 146 valence electrons. The molecule has 0 atom stereocenters. The van der Waals surface area contributed by atoms with E-state index in [1.54, 1.807) is 0 Å². The molecular formula is C23H22FN5. The quantitative estimate of drug-likeness (QED) is 0.457. The van der Waals surface area contributed by atoms with Gasteiger partial charge < -0.3 is 0 Å². The van der Waals surface area contributed by atoms with Gasteiger partial charge in [-0.1, -0.05) is 72.8 Å². The van der Waals surface area contributed by atoms with Crippen LogP contribution >= 0.6 is 0 Å². The number of hydrogen-bond donors (Lipinski definition) is 0. The average molecular weight is 387 g/mol. The maximum atomic E-state index is 13.3. The number of rotatable bonds is 8. The van der Waals surface area contributed by atoms with Gasteiger partial charge in [-0.2, -0.15) is 0 Å². The van der Waals surface area contributed by atoms with Crippen LogP contribution in [0.25, 0.3) is 0 Å². The van der Waals surface area contributed by atoms with Gasteiger partial charge in [0.25, 0.3) is 0 Å². The highest BCUT2D eigenvalue weighted by atomic mass is 19.1. The zero-order valence-corrected chi connectivity index (χ0v) is 16.0. The zero-order valence-electron chi connectivity index (χ0n) is 16.0. The molecule has 0 saturated carbocycles. The minimum atomic E-state index is -0.227. The molecular weight excluding hydrogens is 365 g/mol. The van der Waals surface area contributed by atoms with E-state index in [4.69, 9.17) is 0 Å². The van der Waals surface area contributed by atoms with Crippen LogP contribution in [0.3, 0.4) is 0 Å². The molecule has 0 aliphatic heterocycles. The first kappa shape index (κ1) is 19.0. The lowest BCUT2D eigenvalue weighted by Gasteiger charge is -2.22. The van der Waals surface area contributed by atoms with Crippen LogP contribution in [0.5, 0.6) is 0 Å². The van der Waals surface area contributed by atoms with Gasteiger partial charge in [0.1, 0.15) is 5.82 Å². The summed E-state index contributed by atoms with van der Waals surface area (Å²) in [5.41, 5.74) is 3.40. The Labute approximate surface area is 169 Å². The van der Waals surface area contributed by atoms with Crippen LogP contribution in [0.2, 0.25) is 0 Å². The minimum absolute atomic E-state index is 0.227. The molecule has 0 spiro atoms. The molecule has 0 aliphatic carbocycles. The molecule has 0 N–H and O–H groups in total. The highest BCUT2D eigenvalue weighted by Gasteiger charge is 2.14. The molecule has 1 aromatic heterocycles. The van der Waals surface area contributed by atoms with Crippen LogP contribution in [0.4, 0.5) is 4.39 Å².